The maximum atomic E-state index is 12.6. The van der Waals surface area contributed by atoms with Crippen molar-refractivity contribution < 1.29 is 14.7 Å². The second-order valence-corrected chi connectivity index (χ2v) is 7.43. The van der Waals surface area contributed by atoms with Gasteiger partial charge in [0.1, 0.15) is 17.7 Å². The van der Waals surface area contributed by atoms with E-state index in [-0.39, 0.29) is 5.92 Å². The number of carboxylic acid groups (broad SMARTS) is 1. The first-order chi connectivity index (χ1) is 14.9. The molecule has 0 aliphatic rings. The van der Waals surface area contributed by atoms with Crippen molar-refractivity contribution in [3.8, 4) is 11.3 Å². The standard InChI is InChI=1S/C24H26N4O3/c1-4-15(2)22(24(30)31)28-23(29)18-11-8-12-19(13-18)27-21-14-20(25-16(3)26-21)17-9-6-5-7-10-17/h5-15,22H,4H2,1-3H3,(H,28,29)(H,30,31)(H,25,26,27). The Kier molecular flexibility index (Phi) is 6.97. The van der Waals surface area contributed by atoms with E-state index < -0.39 is 17.9 Å². The average Bonchev–Trinajstić information content (AvgIpc) is 2.77. The molecule has 2 aromatic carbocycles. The number of rotatable bonds is 8. The molecule has 0 spiro atoms. The summed E-state index contributed by atoms with van der Waals surface area (Å²) < 4.78 is 0. The fourth-order valence-electron chi connectivity index (χ4n) is 3.18. The quantitative estimate of drug-likeness (QED) is 0.500. The molecule has 0 fully saturated rings. The summed E-state index contributed by atoms with van der Waals surface area (Å²) >= 11 is 0. The second kappa shape index (κ2) is 9.84. The Morgan fingerprint density at radius 3 is 2.45 bits per heavy atom. The highest BCUT2D eigenvalue weighted by molar-refractivity contribution is 5.97. The Morgan fingerprint density at radius 2 is 1.77 bits per heavy atom. The van der Waals surface area contributed by atoms with E-state index in [1.807, 2.05) is 56.3 Å². The topological polar surface area (TPSA) is 104 Å². The number of carbonyl (C=O) groups excluding carboxylic acids is 1. The van der Waals surface area contributed by atoms with Gasteiger partial charge in [-0.25, -0.2) is 14.8 Å². The lowest BCUT2D eigenvalue weighted by atomic mass is 9.99. The molecule has 1 aromatic heterocycles. The van der Waals surface area contributed by atoms with Crippen LogP contribution in [0, 0.1) is 12.8 Å². The van der Waals surface area contributed by atoms with E-state index in [4.69, 9.17) is 0 Å². The van der Waals surface area contributed by atoms with Crippen LogP contribution in [0.25, 0.3) is 11.3 Å². The third kappa shape index (κ3) is 5.66. The van der Waals surface area contributed by atoms with Gasteiger partial charge in [0.2, 0.25) is 0 Å². The van der Waals surface area contributed by atoms with Crippen LogP contribution in [0.5, 0.6) is 0 Å². The monoisotopic (exact) mass is 418 g/mol. The summed E-state index contributed by atoms with van der Waals surface area (Å²) in [5, 5.41) is 15.3. The lowest BCUT2D eigenvalue weighted by Crippen LogP contribution is -2.45. The smallest absolute Gasteiger partial charge is 0.326 e. The van der Waals surface area contributed by atoms with Crippen LogP contribution < -0.4 is 10.6 Å². The van der Waals surface area contributed by atoms with Gasteiger partial charge in [-0.2, -0.15) is 0 Å². The summed E-state index contributed by atoms with van der Waals surface area (Å²) in [6.07, 6.45) is 0.648. The number of carboxylic acids is 1. The van der Waals surface area contributed by atoms with Crippen molar-refractivity contribution in [1.29, 1.82) is 0 Å². The van der Waals surface area contributed by atoms with Crippen LogP contribution in [0.3, 0.4) is 0 Å². The number of hydrogen-bond acceptors (Lipinski definition) is 5. The van der Waals surface area contributed by atoms with E-state index in [9.17, 15) is 14.7 Å². The Hall–Kier alpha value is -3.74. The molecule has 0 radical (unpaired) electrons. The Bertz CT molecular complexity index is 1070. The molecule has 0 saturated heterocycles. The SMILES string of the molecule is CCC(C)C(NC(=O)c1cccc(Nc2cc(-c3ccccc3)nc(C)n2)c1)C(=O)O. The molecule has 0 aliphatic carbocycles. The first-order valence-corrected chi connectivity index (χ1v) is 10.2. The van der Waals surface area contributed by atoms with Gasteiger partial charge in [-0.1, -0.05) is 56.7 Å². The molecule has 7 nitrogen and oxygen atoms in total. The summed E-state index contributed by atoms with van der Waals surface area (Å²) in [5.74, 6) is -0.423. The maximum absolute atomic E-state index is 12.6. The third-order valence-electron chi connectivity index (χ3n) is 5.07. The van der Waals surface area contributed by atoms with Crippen molar-refractivity contribution in [3.63, 3.8) is 0 Å². The van der Waals surface area contributed by atoms with Crippen molar-refractivity contribution in [2.75, 3.05) is 5.32 Å². The second-order valence-electron chi connectivity index (χ2n) is 7.43. The van der Waals surface area contributed by atoms with Crippen molar-refractivity contribution in [1.82, 2.24) is 15.3 Å². The predicted octanol–water partition coefficient (Wildman–Crippen LogP) is 4.42. The molecule has 0 aliphatic heterocycles. The van der Waals surface area contributed by atoms with E-state index in [1.165, 1.54) is 0 Å². The summed E-state index contributed by atoms with van der Waals surface area (Å²) in [6.45, 7) is 5.52. The lowest BCUT2D eigenvalue weighted by Gasteiger charge is -2.20. The Morgan fingerprint density at radius 1 is 1.03 bits per heavy atom. The number of anilines is 2. The molecular weight excluding hydrogens is 392 g/mol. The van der Waals surface area contributed by atoms with Crippen LogP contribution in [0.1, 0.15) is 36.5 Å². The van der Waals surface area contributed by atoms with Gasteiger partial charge in [-0.15, -0.1) is 0 Å². The van der Waals surface area contributed by atoms with Crippen LogP contribution in [0.2, 0.25) is 0 Å². The zero-order valence-corrected chi connectivity index (χ0v) is 17.8. The van der Waals surface area contributed by atoms with Crippen LogP contribution >= 0.6 is 0 Å². The molecule has 3 aromatic rings. The fraction of sp³-hybridized carbons (Fsp3) is 0.250. The number of carbonyl (C=O) groups is 2. The van der Waals surface area contributed by atoms with Crippen molar-refractivity contribution >= 4 is 23.4 Å². The Balaban J connectivity index is 1.80. The number of nitrogens with zero attached hydrogens (tertiary/aromatic N) is 2. The Labute approximate surface area is 181 Å². The minimum Gasteiger partial charge on any atom is -0.480 e. The van der Waals surface area contributed by atoms with Gasteiger partial charge in [-0.05, 0) is 31.0 Å². The van der Waals surface area contributed by atoms with Gasteiger partial charge in [0.05, 0.1) is 5.69 Å². The first-order valence-electron chi connectivity index (χ1n) is 10.2. The van der Waals surface area contributed by atoms with Crippen LogP contribution in [-0.4, -0.2) is 33.0 Å². The molecule has 0 bridgehead atoms. The van der Waals surface area contributed by atoms with E-state index in [1.54, 1.807) is 25.1 Å². The minimum absolute atomic E-state index is 0.178. The van der Waals surface area contributed by atoms with Gasteiger partial charge in [-0.3, -0.25) is 4.79 Å². The zero-order valence-electron chi connectivity index (χ0n) is 17.8. The van der Waals surface area contributed by atoms with Crippen LogP contribution in [-0.2, 0) is 4.79 Å². The number of hydrogen-bond donors (Lipinski definition) is 3. The number of aryl methyl sites for hydroxylation is 1. The molecule has 2 unspecified atom stereocenters. The van der Waals surface area contributed by atoms with Gasteiger partial charge < -0.3 is 15.7 Å². The largest absolute Gasteiger partial charge is 0.480 e. The normalized spacial score (nSPS) is 12.6. The van der Waals surface area contributed by atoms with E-state index in [0.29, 0.717) is 29.3 Å². The third-order valence-corrected chi connectivity index (χ3v) is 5.07. The average molecular weight is 418 g/mol. The number of aliphatic carboxylic acids is 1. The number of nitrogens with one attached hydrogen (secondary N) is 2. The molecule has 3 rings (SSSR count). The highest BCUT2D eigenvalue weighted by Gasteiger charge is 2.25. The molecule has 3 N–H and O–H groups in total. The van der Waals surface area contributed by atoms with Gasteiger partial charge in [0.25, 0.3) is 5.91 Å². The van der Waals surface area contributed by atoms with Gasteiger partial charge >= 0.3 is 5.97 Å². The van der Waals surface area contributed by atoms with Crippen LogP contribution in [0.15, 0.2) is 60.7 Å². The van der Waals surface area contributed by atoms with Crippen molar-refractivity contribution in [3.05, 3.63) is 72.1 Å². The van der Waals surface area contributed by atoms with E-state index in [2.05, 4.69) is 20.6 Å². The molecule has 1 amide bonds. The lowest BCUT2D eigenvalue weighted by molar-refractivity contribution is -0.140. The molecule has 2 atom stereocenters. The summed E-state index contributed by atoms with van der Waals surface area (Å²) in [6, 6.07) is 17.6. The molecule has 0 saturated carbocycles. The number of amides is 1. The molecular formula is C24H26N4O3. The van der Waals surface area contributed by atoms with Crippen molar-refractivity contribution in [2.45, 2.75) is 33.2 Å². The zero-order chi connectivity index (χ0) is 22.4. The summed E-state index contributed by atoms with van der Waals surface area (Å²) in [7, 11) is 0. The van der Waals surface area contributed by atoms with E-state index >= 15 is 0 Å². The highest BCUT2D eigenvalue weighted by atomic mass is 16.4. The van der Waals surface area contributed by atoms with Crippen LogP contribution in [0.4, 0.5) is 11.5 Å². The number of aromatic nitrogens is 2. The van der Waals surface area contributed by atoms with Gasteiger partial charge in [0, 0.05) is 22.9 Å². The molecule has 7 heteroatoms. The minimum atomic E-state index is -1.04. The fourth-order valence-corrected chi connectivity index (χ4v) is 3.18. The summed E-state index contributed by atoms with van der Waals surface area (Å²) in [4.78, 5) is 33.1. The maximum Gasteiger partial charge on any atom is 0.326 e. The molecule has 160 valence electrons. The molecule has 1 heterocycles. The molecule has 31 heavy (non-hydrogen) atoms. The highest BCUT2D eigenvalue weighted by Crippen LogP contribution is 2.22. The van der Waals surface area contributed by atoms with Gasteiger partial charge in [0.15, 0.2) is 0 Å². The van der Waals surface area contributed by atoms with Crippen molar-refractivity contribution in [2.24, 2.45) is 5.92 Å². The first kappa shape index (κ1) is 22.0. The number of benzene rings is 2. The van der Waals surface area contributed by atoms with E-state index in [0.717, 1.165) is 11.3 Å². The summed E-state index contributed by atoms with van der Waals surface area (Å²) in [5.41, 5.74) is 2.81. The predicted molar refractivity (Wildman–Crippen MR) is 120 cm³/mol.